The number of hydrogen-bond acceptors (Lipinski definition) is 10. The maximum atomic E-state index is 13.7. The van der Waals surface area contributed by atoms with E-state index in [2.05, 4.69) is 15.3 Å². The number of carbonyl (C=O) groups excluding carboxylic acids is 2. The number of ether oxygens (including phenoxy) is 3. The summed E-state index contributed by atoms with van der Waals surface area (Å²) in [5.41, 5.74) is -3.02. The molecule has 2 heterocycles. The van der Waals surface area contributed by atoms with Gasteiger partial charge >= 0.3 is 12.3 Å². The molecule has 2 aromatic carbocycles. The standard InChI is InChI=1S/C29H29F3N6O5S/c1-27(2,3)43-26(40)42-12-11-41-22-19-13-18(9-10-21(19)35-24(34-6)36-22)38-25(44)37(23(39)28(38,4)5)17-8-7-16(15-33)20(14-17)29(30,31)32/h7-10,13-14H,11-12H2,1-6H3,(H,34,35,36). The third kappa shape index (κ3) is 6.45. The lowest BCUT2D eigenvalue weighted by Crippen LogP contribution is -2.44. The Hall–Kier alpha value is -4.71. The predicted molar refractivity (Wildman–Crippen MR) is 160 cm³/mol. The number of carbonyl (C=O) groups is 2. The molecule has 1 N–H and O–H groups in total. The Balaban J connectivity index is 1.68. The molecule has 1 saturated heterocycles. The fraction of sp³-hybridized carbons (Fsp3) is 0.379. The van der Waals surface area contributed by atoms with Gasteiger partial charge in [0.15, 0.2) is 5.11 Å². The number of thiocarbonyl (C=S) groups is 1. The Morgan fingerprint density at radius 1 is 1.09 bits per heavy atom. The van der Waals surface area contributed by atoms with Crippen molar-refractivity contribution < 1.29 is 37.0 Å². The monoisotopic (exact) mass is 630 g/mol. The van der Waals surface area contributed by atoms with Gasteiger partial charge in [0.05, 0.1) is 33.8 Å². The first-order chi connectivity index (χ1) is 20.5. The zero-order valence-corrected chi connectivity index (χ0v) is 25.5. The van der Waals surface area contributed by atoms with Gasteiger partial charge in [-0.1, -0.05) is 0 Å². The number of amides is 1. The van der Waals surface area contributed by atoms with Crippen molar-refractivity contribution >= 4 is 57.6 Å². The van der Waals surface area contributed by atoms with Crippen molar-refractivity contribution in [3.63, 3.8) is 0 Å². The molecule has 0 bridgehead atoms. The third-order valence-corrected chi connectivity index (χ3v) is 6.78. The molecule has 44 heavy (non-hydrogen) atoms. The van der Waals surface area contributed by atoms with Gasteiger partial charge in [-0.25, -0.2) is 9.78 Å². The van der Waals surface area contributed by atoms with E-state index in [0.29, 0.717) is 16.6 Å². The van der Waals surface area contributed by atoms with Crippen molar-refractivity contribution in [3.8, 4) is 11.9 Å². The minimum absolute atomic E-state index is 0.0706. The summed E-state index contributed by atoms with van der Waals surface area (Å²) in [6, 6.07) is 9.48. The largest absolute Gasteiger partial charge is 0.508 e. The van der Waals surface area contributed by atoms with Gasteiger partial charge in [-0.2, -0.15) is 23.4 Å². The first-order valence-corrected chi connectivity index (χ1v) is 13.7. The van der Waals surface area contributed by atoms with E-state index in [0.717, 1.165) is 17.0 Å². The van der Waals surface area contributed by atoms with E-state index in [4.69, 9.17) is 26.4 Å². The van der Waals surface area contributed by atoms with Crippen LogP contribution in [0.5, 0.6) is 5.88 Å². The summed E-state index contributed by atoms with van der Waals surface area (Å²) >= 11 is 5.64. The number of nitrogens with zero attached hydrogens (tertiary/aromatic N) is 5. The van der Waals surface area contributed by atoms with Crippen LogP contribution in [0.2, 0.25) is 0 Å². The predicted octanol–water partition coefficient (Wildman–Crippen LogP) is 5.81. The molecule has 0 spiro atoms. The maximum absolute atomic E-state index is 13.7. The number of aromatic nitrogens is 2. The zero-order chi connectivity index (χ0) is 32.6. The van der Waals surface area contributed by atoms with Gasteiger partial charge in [-0.3, -0.25) is 9.69 Å². The van der Waals surface area contributed by atoms with Gasteiger partial charge in [0.25, 0.3) is 5.91 Å². The number of nitriles is 1. The first kappa shape index (κ1) is 32.2. The van der Waals surface area contributed by atoms with Crippen LogP contribution in [0.4, 0.5) is 35.3 Å². The lowest BCUT2D eigenvalue weighted by Gasteiger charge is -2.29. The van der Waals surface area contributed by atoms with Crippen LogP contribution in [0.15, 0.2) is 36.4 Å². The highest BCUT2D eigenvalue weighted by atomic mass is 32.1. The molecule has 3 aromatic rings. The molecule has 11 nitrogen and oxygen atoms in total. The number of rotatable bonds is 7. The maximum Gasteiger partial charge on any atom is 0.508 e. The van der Waals surface area contributed by atoms with Gasteiger partial charge in [0.2, 0.25) is 11.8 Å². The topological polar surface area (TPSA) is 130 Å². The highest BCUT2D eigenvalue weighted by Crippen LogP contribution is 2.40. The summed E-state index contributed by atoms with van der Waals surface area (Å²) < 4.78 is 57.1. The molecule has 0 aliphatic carbocycles. The SMILES string of the molecule is CNc1nc(OCCOC(=O)OC(C)(C)C)c2cc(N3C(=S)N(c4ccc(C#N)c(C(F)(F)F)c4)C(=O)C3(C)C)ccc2n1. The van der Waals surface area contributed by atoms with Crippen molar-refractivity contribution in [2.24, 2.45) is 0 Å². The van der Waals surface area contributed by atoms with Crippen LogP contribution in [0.1, 0.15) is 45.7 Å². The number of fused-ring (bicyclic) bond motifs is 1. The van der Waals surface area contributed by atoms with Crippen molar-refractivity contribution in [3.05, 3.63) is 47.5 Å². The number of halogens is 3. The van der Waals surface area contributed by atoms with E-state index in [9.17, 15) is 28.0 Å². The van der Waals surface area contributed by atoms with Gasteiger partial charge in [0, 0.05) is 12.7 Å². The molecule has 1 aromatic heterocycles. The molecule has 1 amide bonds. The quantitative estimate of drug-likeness (QED) is 0.193. The number of benzene rings is 2. The molecule has 0 saturated carbocycles. The number of nitrogens with one attached hydrogen (secondary N) is 1. The van der Waals surface area contributed by atoms with Crippen LogP contribution in [-0.4, -0.2) is 58.5 Å². The Morgan fingerprint density at radius 2 is 1.77 bits per heavy atom. The zero-order valence-electron chi connectivity index (χ0n) is 24.7. The van der Waals surface area contributed by atoms with Crippen LogP contribution in [-0.2, 0) is 20.4 Å². The Labute approximate surface area is 256 Å². The molecule has 0 radical (unpaired) electrons. The molecule has 1 aliphatic rings. The van der Waals surface area contributed by atoms with Gasteiger partial charge in [-0.15, -0.1) is 0 Å². The lowest BCUT2D eigenvalue weighted by molar-refractivity contribution is -0.137. The van der Waals surface area contributed by atoms with Gasteiger partial charge in [-0.05, 0) is 83.2 Å². The van der Waals surface area contributed by atoms with E-state index in [-0.39, 0.29) is 35.8 Å². The molecule has 1 aliphatic heterocycles. The number of hydrogen-bond donors (Lipinski definition) is 1. The summed E-state index contributed by atoms with van der Waals surface area (Å²) in [4.78, 5) is 36.8. The number of alkyl halides is 3. The second-order valence-corrected chi connectivity index (χ2v) is 11.5. The fourth-order valence-electron chi connectivity index (χ4n) is 4.45. The van der Waals surface area contributed by atoms with E-state index in [1.165, 1.54) is 17.0 Å². The highest BCUT2D eigenvalue weighted by Gasteiger charge is 2.50. The van der Waals surface area contributed by atoms with Crippen LogP contribution < -0.4 is 19.9 Å². The average molecular weight is 631 g/mol. The molecule has 0 unspecified atom stereocenters. The van der Waals surface area contributed by atoms with Crippen molar-refractivity contribution in [1.82, 2.24) is 9.97 Å². The third-order valence-electron chi connectivity index (χ3n) is 6.41. The smallest absolute Gasteiger partial charge is 0.473 e. The summed E-state index contributed by atoms with van der Waals surface area (Å²) in [5.74, 6) is -0.173. The molecule has 1 fully saturated rings. The summed E-state index contributed by atoms with van der Waals surface area (Å²) in [5, 5.41) is 12.4. The van der Waals surface area contributed by atoms with E-state index < -0.39 is 40.5 Å². The minimum atomic E-state index is -4.82. The molecular weight excluding hydrogens is 601 g/mol. The molecule has 0 atom stereocenters. The first-order valence-electron chi connectivity index (χ1n) is 13.3. The van der Waals surface area contributed by atoms with Crippen molar-refractivity contribution in [2.45, 2.75) is 51.9 Å². The minimum Gasteiger partial charge on any atom is -0.473 e. The van der Waals surface area contributed by atoms with Crippen LogP contribution >= 0.6 is 12.2 Å². The number of anilines is 3. The Bertz CT molecular complexity index is 1680. The van der Waals surface area contributed by atoms with Crippen LogP contribution in [0.25, 0.3) is 10.9 Å². The van der Waals surface area contributed by atoms with Crippen LogP contribution in [0, 0.1) is 11.3 Å². The van der Waals surface area contributed by atoms with E-state index in [1.54, 1.807) is 59.9 Å². The van der Waals surface area contributed by atoms with E-state index >= 15 is 0 Å². The second kappa shape index (κ2) is 11.8. The molecular formula is C29H29F3N6O5S. The van der Waals surface area contributed by atoms with E-state index in [1.807, 2.05) is 0 Å². The van der Waals surface area contributed by atoms with Crippen molar-refractivity contribution in [2.75, 3.05) is 35.4 Å². The summed E-state index contributed by atoms with van der Waals surface area (Å²) in [6.07, 6.45) is -5.67. The summed E-state index contributed by atoms with van der Waals surface area (Å²) in [6.45, 7) is 8.10. The normalized spacial score (nSPS) is 14.9. The van der Waals surface area contributed by atoms with Gasteiger partial charge in [0.1, 0.15) is 24.4 Å². The summed E-state index contributed by atoms with van der Waals surface area (Å²) in [7, 11) is 1.63. The Kier molecular flexibility index (Phi) is 8.61. The fourth-order valence-corrected chi connectivity index (χ4v) is 4.97. The highest BCUT2D eigenvalue weighted by molar-refractivity contribution is 7.81. The lowest BCUT2D eigenvalue weighted by atomic mass is 10.0. The Morgan fingerprint density at radius 3 is 2.39 bits per heavy atom. The second-order valence-electron chi connectivity index (χ2n) is 11.1. The van der Waals surface area contributed by atoms with Crippen molar-refractivity contribution in [1.29, 1.82) is 5.26 Å². The molecule has 4 rings (SSSR count). The molecule has 15 heteroatoms. The molecule has 232 valence electrons. The van der Waals surface area contributed by atoms with Crippen LogP contribution in [0.3, 0.4) is 0 Å². The average Bonchev–Trinajstić information content (AvgIpc) is 3.11. The van der Waals surface area contributed by atoms with Gasteiger partial charge < -0.3 is 24.4 Å².